The monoisotopic (exact) mass is 263 g/mol. The molecule has 18 heavy (non-hydrogen) atoms. The van der Waals surface area contributed by atoms with Crippen LogP contribution < -0.4 is 5.32 Å². The third-order valence-electron chi connectivity index (χ3n) is 4.45. The first-order valence-corrected chi connectivity index (χ1v) is 7.70. The standard InChI is InChI=1S/C14H21N3S/c1-4-14(6-5-7-14)15-8-12-11(3)16-13-17(12)10(2)9-18-13/h9,15H,4-8H2,1-3H3. The molecule has 4 heteroatoms. The van der Waals surface area contributed by atoms with Crippen LogP contribution >= 0.6 is 11.3 Å². The third-order valence-corrected chi connectivity index (χ3v) is 5.39. The normalized spacial score (nSPS) is 18.2. The van der Waals surface area contributed by atoms with Crippen molar-refractivity contribution < 1.29 is 0 Å². The van der Waals surface area contributed by atoms with Crippen molar-refractivity contribution in [2.24, 2.45) is 0 Å². The number of fused-ring (bicyclic) bond motifs is 1. The molecular weight excluding hydrogens is 242 g/mol. The lowest BCUT2D eigenvalue weighted by Crippen LogP contribution is -2.50. The van der Waals surface area contributed by atoms with Crippen LogP contribution in [0.15, 0.2) is 5.38 Å². The molecule has 0 unspecified atom stereocenters. The Morgan fingerprint density at radius 2 is 2.22 bits per heavy atom. The minimum Gasteiger partial charge on any atom is -0.306 e. The molecular formula is C14H21N3S. The minimum absolute atomic E-state index is 0.403. The van der Waals surface area contributed by atoms with Crippen LogP contribution in [0.5, 0.6) is 0 Å². The number of aromatic nitrogens is 2. The summed E-state index contributed by atoms with van der Waals surface area (Å²) in [6.07, 6.45) is 5.26. The van der Waals surface area contributed by atoms with E-state index in [-0.39, 0.29) is 0 Å². The van der Waals surface area contributed by atoms with E-state index in [0.717, 1.165) is 11.5 Å². The van der Waals surface area contributed by atoms with Gasteiger partial charge in [0, 0.05) is 23.2 Å². The summed E-state index contributed by atoms with van der Waals surface area (Å²) in [4.78, 5) is 5.77. The van der Waals surface area contributed by atoms with Gasteiger partial charge in [-0.3, -0.25) is 4.40 Å². The van der Waals surface area contributed by atoms with Crippen molar-refractivity contribution in [1.29, 1.82) is 0 Å². The van der Waals surface area contributed by atoms with Crippen LogP contribution in [0.2, 0.25) is 0 Å². The molecule has 0 atom stereocenters. The van der Waals surface area contributed by atoms with Gasteiger partial charge in [-0.2, -0.15) is 0 Å². The average Bonchev–Trinajstić information content (AvgIpc) is 2.79. The molecule has 0 aliphatic heterocycles. The van der Waals surface area contributed by atoms with E-state index in [9.17, 15) is 0 Å². The van der Waals surface area contributed by atoms with Crippen molar-refractivity contribution in [3.05, 3.63) is 22.5 Å². The van der Waals surface area contributed by atoms with Crippen LogP contribution in [-0.4, -0.2) is 14.9 Å². The largest absolute Gasteiger partial charge is 0.306 e. The molecule has 98 valence electrons. The van der Waals surface area contributed by atoms with Crippen LogP contribution in [0.4, 0.5) is 0 Å². The van der Waals surface area contributed by atoms with E-state index in [1.54, 1.807) is 11.3 Å². The van der Waals surface area contributed by atoms with Crippen LogP contribution in [0, 0.1) is 13.8 Å². The van der Waals surface area contributed by atoms with Gasteiger partial charge in [-0.15, -0.1) is 11.3 Å². The van der Waals surface area contributed by atoms with Gasteiger partial charge in [-0.1, -0.05) is 6.92 Å². The van der Waals surface area contributed by atoms with E-state index in [4.69, 9.17) is 0 Å². The lowest BCUT2D eigenvalue weighted by molar-refractivity contribution is 0.174. The summed E-state index contributed by atoms with van der Waals surface area (Å²) in [6.45, 7) is 7.52. The van der Waals surface area contributed by atoms with Gasteiger partial charge in [0.15, 0.2) is 4.96 Å². The van der Waals surface area contributed by atoms with Crippen LogP contribution in [-0.2, 0) is 6.54 Å². The lowest BCUT2D eigenvalue weighted by atomic mass is 9.75. The second-order valence-electron chi connectivity index (χ2n) is 5.48. The molecule has 3 rings (SSSR count). The average molecular weight is 263 g/mol. The molecule has 2 heterocycles. The zero-order valence-corrected chi connectivity index (χ0v) is 12.2. The maximum Gasteiger partial charge on any atom is 0.194 e. The fourth-order valence-corrected chi connectivity index (χ4v) is 3.84. The Kier molecular flexibility index (Phi) is 2.94. The molecule has 0 radical (unpaired) electrons. The number of rotatable bonds is 4. The van der Waals surface area contributed by atoms with Gasteiger partial charge in [-0.05, 0) is 39.5 Å². The Morgan fingerprint density at radius 3 is 2.83 bits per heavy atom. The predicted octanol–water partition coefficient (Wildman–Crippen LogP) is 3.43. The molecule has 1 aliphatic rings. The van der Waals surface area contributed by atoms with Crippen molar-refractivity contribution in [2.75, 3.05) is 0 Å². The number of hydrogen-bond donors (Lipinski definition) is 1. The molecule has 0 aromatic carbocycles. The van der Waals surface area contributed by atoms with E-state index < -0.39 is 0 Å². The van der Waals surface area contributed by atoms with Crippen LogP contribution in [0.3, 0.4) is 0 Å². The number of aryl methyl sites for hydroxylation is 2. The first-order valence-electron chi connectivity index (χ1n) is 6.82. The van der Waals surface area contributed by atoms with E-state index in [2.05, 4.69) is 40.9 Å². The predicted molar refractivity (Wildman–Crippen MR) is 76.3 cm³/mol. The Labute approximate surface area is 112 Å². The summed E-state index contributed by atoms with van der Waals surface area (Å²) in [5, 5.41) is 5.96. The van der Waals surface area contributed by atoms with Crippen LogP contribution in [0.25, 0.3) is 4.96 Å². The SMILES string of the molecule is CCC1(NCc2c(C)nc3scc(C)n23)CCC1. The summed E-state index contributed by atoms with van der Waals surface area (Å²) >= 11 is 1.73. The van der Waals surface area contributed by atoms with Crippen molar-refractivity contribution in [1.82, 2.24) is 14.7 Å². The molecule has 0 spiro atoms. The number of hydrogen-bond acceptors (Lipinski definition) is 3. The lowest BCUT2D eigenvalue weighted by Gasteiger charge is -2.42. The Morgan fingerprint density at radius 1 is 1.44 bits per heavy atom. The zero-order chi connectivity index (χ0) is 12.8. The molecule has 3 nitrogen and oxygen atoms in total. The summed E-state index contributed by atoms with van der Waals surface area (Å²) < 4.78 is 2.30. The van der Waals surface area contributed by atoms with Gasteiger partial charge in [0.05, 0.1) is 11.4 Å². The molecule has 1 aliphatic carbocycles. The summed E-state index contributed by atoms with van der Waals surface area (Å²) in [7, 11) is 0. The van der Waals surface area contributed by atoms with Crippen LogP contribution in [0.1, 0.15) is 49.7 Å². The van der Waals surface area contributed by atoms with Gasteiger partial charge in [0.25, 0.3) is 0 Å². The summed E-state index contributed by atoms with van der Waals surface area (Å²) in [5.41, 5.74) is 4.21. The maximum absolute atomic E-state index is 4.65. The number of nitrogens with one attached hydrogen (secondary N) is 1. The highest BCUT2D eigenvalue weighted by atomic mass is 32.1. The highest BCUT2D eigenvalue weighted by Gasteiger charge is 2.34. The summed E-state index contributed by atoms with van der Waals surface area (Å²) in [6, 6.07) is 0. The van der Waals surface area contributed by atoms with Crippen molar-refractivity contribution >= 4 is 16.3 Å². The second kappa shape index (κ2) is 4.35. The highest BCUT2D eigenvalue weighted by molar-refractivity contribution is 7.15. The fraction of sp³-hybridized carbons (Fsp3) is 0.643. The fourth-order valence-electron chi connectivity index (χ4n) is 2.91. The quantitative estimate of drug-likeness (QED) is 0.915. The molecule has 2 aromatic heterocycles. The smallest absolute Gasteiger partial charge is 0.194 e. The molecule has 2 aromatic rings. The van der Waals surface area contributed by atoms with Gasteiger partial charge < -0.3 is 5.32 Å². The Bertz CT molecular complexity index is 557. The van der Waals surface area contributed by atoms with Crippen molar-refractivity contribution in [2.45, 2.75) is 58.5 Å². The molecule has 1 N–H and O–H groups in total. The van der Waals surface area contributed by atoms with Crippen molar-refractivity contribution in [3.63, 3.8) is 0 Å². The van der Waals surface area contributed by atoms with E-state index >= 15 is 0 Å². The molecule has 1 fully saturated rings. The molecule has 0 bridgehead atoms. The van der Waals surface area contributed by atoms with E-state index in [0.29, 0.717) is 5.54 Å². The molecule has 1 saturated carbocycles. The first kappa shape index (κ1) is 12.2. The number of nitrogens with zero attached hydrogens (tertiary/aromatic N) is 2. The van der Waals surface area contributed by atoms with Gasteiger partial charge >= 0.3 is 0 Å². The highest BCUT2D eigenvalue weighted by Crippen LogP contribution is 2.35. The van der Waals surface area contributed by atoms with Crippen molar-refractivity contribution in [3.8, 4) is 0 Å². The third kappa shape index (κ3) is 1.79. The summed E-state index contributed by atoms with van der Waals surface area (Å²) in [5.74, 6) is 0. The van der Waals surface area contributed by atoms with Gasteiger partial charge in [-0.25, -0.2) is 4.98 Å². The second-order valence-corrected chi connectivity index (χ2v) is 6.32. The zero-order valence-electron chi connectivity index (χ0n) is 11.4. The molecule has 0 amide bonds. The number of imidazole rings is 1. The topological polar surface area (TPSA) is 29.3 Å². The Balaban J connectivity index is 1.85. The first-order chi connectivity index (χ1) is 8.65. The molecule has 0 saturated heterocycles. The van der Waals surface area contributed by atoms with Gasteiger partial charge in [0.2, 0.25) is 0 Å². The van der Waals surface area contributed by atoms with E-state index in [1.807, 2.05) is 0 Å². The van der Waals surface area contributed by atoms with E-state index in [1.165, 1.54) is 42.8 Å². The maximum atomic E-state index is 4.65. The van der Waals surface area contributed by atoms with Gasteiger partial charge in [0.1, 0.15) is 0 Å². The Hall–Kier alpha value is -0.870. The minimum atomic E-state index is 0.403. The number of thiazole rings is 1.